The molecule has 2 aliphatic rings. The number of benzene rings is 1. The molecule has 0 unspecified atom stereocenters. The lowest BCUT2D eigenvalue weighted by molar-refractivity contribution is 0.248. The standard InChI is InChI=1S/C25H31N5O2/c26-25(31)30(22-18-21-7-1-2-11-29(21)19-22)12-4-3-10-27-13-15-28(16-14-27)23-8-5-6-20-9-17-32-24(20)23/h1-2,5-8,11,18-19H,3-4,9-10,12-17H2,(H2,26,31). The summed E-state index contributed by atoms with van der Waals surface area (Å²) < 4.78 is 7.90. The lowest BCUT2D eigenvalue weighted by atomic mass is 10.1. The zero-order valence-corrected chi connectivity index (χ0v) is 18.4. The maximum absolute atomic E-state index is 12.0. The van der Waals surface area contributed by atoms with Crippen LogP contribution in [0.4, 0.5) is 16.2 Å². The molecular weight excluding hydrogens is 402 g/mol. The largest absolute Gasteiger partial charge is 0.491 e. The van der Waals surface area contributed by atoms with Crippen LogP contribution in [0.5, 0.6) is 5.75 Å². The maximum atomic E-state index is 12.0. The van der Waals surface area contributed by atoms with Crippen LogP contribution in [0.3, 0.4) is 0 Å². The average Bonchev–Trinajstić information content (AvgIpc) is 3.46. The first-order chi connectivity index (χ1) is 15.7. The number of pyridine rings is 1. The fourth-order valence-corrected chi connectivity index (χ4v) is 4.82. The second kappa shape index (κ2) is 9.12. The molecule has 0 atom stereocenters. The van der Waals surface area contributed by atoms with Crippen molar-refractivity contribution in [3.63, 3.8) is 0 Å². The van der Waals surface area contributed by atoms with Gasteiger partial charge in [0.05, 0.1) is 18.0 Å². The predicted molar refractivity (Wildman–Crippen MR) is 128 cm³/mol. The van der Waals surface area contributed by atoms with Gasteiger partial charge < -0.3 is 19.8 Å². The number of carbonyl (C=O) groups is 1. The van der Waals surface area contributed by atoms with Crippen LogP contribution in [0.1, 0.15) is 18.4 Å². The molecule has 168 valence electrons. The topological polar surface area (TPSA) is 66.5 Å². The number of urea groups is 1. The zero-order chi connectivity index (χ0) is 21.9. The maximum Gasteiger partial charge on any atom is 0.319 e. The van der Waals surface area contributed by atoms with Gasteiger partial charge in [0.1, 0.15) is 5.75 Å². The van der Waals surface area contributed by atoms with Gasteiger partial charge in [0.15, 0.2) is 0 Å². The van der Waals surface area contributed by atoms with E-state index in [2.05, 4.69) is 28.0 Å². The molecule has 7 heteroatoms. The molecule has 0 saturated carbocycles. The van der Waals surface area contributed by atoms with E-state index in [1.807, 2.05) is 41.1 Å². The number of primary amides is 1. The molecule has 2 N–H and O–H groups in total. The van der Waals surface area contributed by atoms with Gasteiger partial charge in [0.2, 0.25) is 0 Å². The number of aromatic nitrogens is 1. The van der Waals surface area contributed by atoms with Crippen molar-refractivity contribution < 1.29 is 9.53 Å². The first kappa shape index (κ1) is 20.7. The molecule has 2 aliphatic heterocycles. The van der Waals surface area contributed by atoms with Crippen LogP contribution in [0.15, 0.2) is 54.9 Å². The van der Waals surface area contributed by atoms with E-state index in [1.165, 1.54) is 11.3 Å². The van der Waals surface area contributed by atoms with E-state index in [9.17, 15) is 4.79 Å². The molecule has 32 heavy (non-hydrogen) atoms. The van der Waals surface area contributed by atoms with Crippen LogP contribution >= 0.6 is 0 Å². The van der Waals surface area contributed by atoms with Crippen molar-refractivity contribution in [2.45, 2.75) is 19.3 Å². The van der Waals surface area contributed by atoms with E-state index < -0.39 is 6.03 Å². The van der Waals surface area contributed by atoms with E-state index >= 15 is 0 Å². The van der Waals surface area contributed by atoms with Crippen molar-refractivity contribution in [1.29, 1.82) is 0 Å². The fourth-order valence-electron chi connectivity index (χ4n) is 4.82. The highest BCUT2D eigenvalue weighted by atomic mass is 16.5. The Kier molecular flexibility index (Phi) is 5.90. The quantitative estimate of drug-likeness (QED) is 0.580. The Hall–Kier alpha value is -3.19. The molecule has 1 fully saturated rings. The highest BCUT2D eigenvalue weighted by Crippen LogP contribution is 2.36. The summed E-state index contributed by atoms with van der Waals surface area (Å²) in [5.41, 5.74) is 10.2. The van der Waals surface area contributed by atoms with E-state index in [0.717, 1.165) is 75.5 Å². The van der Waals surface area contributed by atoms with E-state index in [1.54, 1.807) is 4.90 Å². The lowest BCUT2D eigenvalue weighted by Gasteiger charge is -2.36. The minimum absolute atomic E-state index is 0.396. The van der Waals surface area contributed by atoms with Gasteiger partial charge >= 0.3 is 6.03 Å². The van der Waals surface area contributed by atoms with E-state index in [-0.39, 0.29) is 0 Å². The summed E-state index contributed by atoms with van der Waals surface area (Å²) in [6.07, 6.45) is 6.93. The summed E-state index contributed by atoms with van der Waals surface area (Å²) in [6.45, 7) is 6.62. The molecule has 2 amide bonds. The number of para-hydroxylation sites is 1. The number of fused-ring (bicyclic) bond motifs is 2. The van der Waals surface area contributed by atoms with Crippen molar-refractivity contribution in [2.24, 2.45) is 5.73 Å². The Balaban J connectivity index is 1.10. The van der Waals surface area contributed by atoms with Gasteiger partial charge in [-0.05, 0) is 49.2 Å². The number of piperazine rings is 1. The van der Waals surface area contributed by atoms with Crippen molar-refractivity contribution in [3.05, 3.63) is 60.4 Å². The zero-order valence-electron chi connectivity index (χ0n) is 18.4. The van der Waals surface area contributed by atoms with Crippen molar-refractivity contribution in [2.75, 3.05) is 55.7 Å². The normalized spacial score (nSPS) is 16.2. The number of unbranched alkanes of at least 4 members (excludes halogenated alkanes) is 1. The number of carbonyl (C=O) groups excluding carboxylic acids is 1. The summed E-state index contributed by atoms with van der Waals surface area (Å²) >= 11 is 0. The molecule has 1 saturated heterocycles. The SMILES string of the molecule is NC(=O)N(CCCCN1CCN(c2cccc3c2OCC3)CC1)c1cc2ccccn2c1. The van der Waals surface area contributed by atoms with Crippen LogP contribution in [-0.2, 0) is 6.42 Å². The van der Waals surface area contributed by atoms with Crippen LogP contribution < -0.4 is 20.3 Å². The molecule has 0 spiro atoms. The molecule has 3 aromatic rings. The van der Waals surface area contributed by atoms with Crippen molar-refractivity contribution in [3.8, 4) is 5.75 Å². The van der Waals surface area contributed by atoms with Crippen LogP contribution in [-0.4, -0.2) is 61.2 Å². The summed E-state index contributed by atoms with van der Waals surface area (Å²) in [5, 5.41) is 0. The Morgan fingerprint density at radius 3 is 2.75 bits per heavy atom. The highest BCUT2D eigenvalue weighted by Gasteiger charge is 2.23. The first-order valence-corrected chi connectivity index (χ1v) is 11.5. The summed E-state index contributed by atoms with van der Waals surface area (Å²) in [4.78, 5) is 18.7. The van der Waals surface area contributed by atoms with Crippen LogP contribution in [0.2, 0.25) is 0 Å². The van der Waals surface area contributed by atoms with E-state index in [0.29, 0.717) is 6.54 Å². The predicted octanol–water partition coefficient (Wildman–Crippen LogP) is 3.36. The lowest BCUT2D eigenvalue weighted by Crippen LogP contribution is -2.46. The van der Waals surface area contributed by atoms with Gasteiger partial charge in [0, 0.05) is 57.1 Å². The molecule has 4 heterocycles. The molecule has 5 rings (SSSR count). The van der Waals surface area contributed by atoms with Crippen LogP contribution in [0.25, 0.3) is 5.52 Å². The molecule has 0 bridgehead atoms. The van der Waals surface area contributed by atoms with Crippen molar-refractivity contribution >= 4 is 22.9 Å². The number of nitrogens with zero attached hydrogens (tertiary/aromatic N) is 4. The van der Waals surface area contributed by atoms with Gasteiger partial charge in [0.25, 0.3) is 0 Å². The number of amides is 2. The highest BCUT2D eigenvalue weighted by molar-refractivity contribution is 5.91. The molecular formula is C25H31N5O2. The minimum atomic E-state index is -0.396. The second-order valence-electron chi connectivity index (χ2n) is 8.62. The Morgan fingerprint density at radius 2 is 1.94 bits per heavy atom. The fraction of sp³-hybridized carbons (Fsp3) is 0.400. The molecule has 7 nitrogen and oxygen atoms in total. The average molecular weight is 434 g/mol. The number of hydrogen-bond acceptors (Lipinski definition) is 4. The molecule has 0 radical (unpaired) electrons. The van der Waals surface area contributed by atoms with Gasteiger partial charge in [-0.15, -0.1) is 0 Å². The number of ether oxygens (including phenoxy) is 1. The summed E-state index contributed by atoms with van der Waals surface area (Å²) in [6, 6.07) is 14.1. The second-order valence-corrected chi connectivity index (χ2v) is 8.62. The van der Waals surface area contributed by atoms with Gasteiger partial charge in [-0.25, -0.2) is 4.79 Å². The molecule has 2 aromatic heterocycles. The van der Waals surface area contributed by atoms with E-state index in [4.69, 9.17) is 10.5 Å². The van der Waals surface area contributed by atoms with Crippen LogP contribution in [0, 0.1) is 0 Å². The third kappa shape index (κ3) is 4.25. The first-order valence-electron chi connectivity index (χ1n) is 11.5. The molecule has 1 aromatic carbocycles. The van der Waals surface area contributed by atoms with Gasteiger partial charge in [-0.3, -0.25) is 9.80 Å². The number of rotatable bonds is 7. The third-order valence-corrected chi connectivity index (χ3v) is 6.58. The Bertz CT molecular complexity index is 1050. The van der Waals surface area contributed by atoms with Gasteiger partial charge in [-0.1, -0.05) is 18.2 Å². The van der Waals surface area contributed by atoms with Gasteiger partial charge in [-0.2, -0.15) is 0 Å². The summed E-state index contributed by atoms with van der Waals surface area (Å²) in [7, 11) is 0. The molecule has 0 aliphatic carbocycles. The number of nitrogens with two attached hydrogens (primary N) is 1. The smallest absolute Gasteiger partial charge is 0.319 e. The Labute approximate surface area is 189 Å². The summed E-state index contributed by atoms with van der Waals surface area (Å²) in [5.74, 6) is 1.09. The Morgan fingerprint density at radius 1 is 1.06 bits per heavy atom. The van der Waals surface area contributed by atoms with Crippen molar-refractivity contribution in [1.82, 2.24) is 9.30 Å². The number of hydrogen-bond donors (Lipinski definition) is 1. The minimum Gasteiger partial charge on any atom is -0.491 e. The third-order valence-electron chi connectivity index (χ3n) is 6.58. The number of anilines is 2. The monoisotopic (exact) mass is 433 g/mol.